The van der Waals surface area contributed by atoms with Gasteiger partial charge in [0.2, 0.25) is 11.9 Å². The third-order valence-electron chi connectivity index (χ3n) is 3.64. The fourth-order valence-electron chi connectivity index (χ4n) is 2.31. The standard InChI is InChI=1S/C21H15N3O/c22-16-18-11-9-17(10-12-18)13-14-20-8-4-5-15-24(20)23-21(25)19-6-2-1-3-7-19/h1-15H/p+1/b14-13+. The van der Waals surface area contributed by atoms with Gasteiger partial charge in [-0.05, 0) is 42.0 Å². The number of carbonyl (C=O) groups is 1. The fourth-order valence-corrected chi connectivity index (χ4v) is 2.31. The van der Waals surface area contributed by atoms with Gasteiger partial charge in [0.05, 0.1) is 11.6 Å². The van der Waals surface area contributed by atoms with E-state index in [0.29, 0.717) is 11.1 Å². The molecule has 25 heavy (non-hydrogen) atoms. The first-order valence-electron chi connectivity index (χ1n) is 7.81. The lowest BCUT2D eigenvalue weighted by Crippen LogP contribution is -2.50. The molecule has 0 saturated carbocycles. The van der Waals surface area contributed by atoms with Crippen LogP contribution in [0.2, 0.25) is 0 Å². The summed E-state index contributed by atoms with van der Waals surface area (Å²) in [6.07, 6.45) is 5.63. The van der Waals surface area contributed by atoms with E-state index in [-0.39, 0.29) is 5.91 Å². The second kappa shape index (κ2) is 7.71. The number of hydrogen-bond donors (Lipinski definition) is 1. The molecule has 0 atom stereocenters. The van der Waals surface area contributed by atoms with Crippen molar-refractivity contribution in [1.29, 1.82) is 5.26 Å². The van der Waals surface area contributed by atoms with E-state index in [1.165, 1.54) is 0 Å². The lowest BCUT2D eigenvalue weighted by molar-refractivity contribution is -0.643. The molecule has 120 valence electrons. The van der Waals surface area contributed by atoms with Gasteiger partial charge < -0.3 is 0 Å². The second-order valence-corrected chi connectivity index (χ2v) is 5.37. The molecule has 0 aliphatic carbocycles. The summed E-state index contributed by atoms with van der Waals surface area (Å²) in [6.45, 7) is 0. The topological polar surface area (TPSA) is 56.8 Å². The van der Waals surface area contributed by atoms with Gasteiger partial charge in [-0.3, -0.25) is 4.79 Å². The maximum atomic E-state index is 12.3. The molecule has 0 spiro atoms. The molecule has 0 aliphatic heterocycles. The molecule has 1 amide bonds. The summed E-state index contributed by atoms with van der Waals surface area (Å²) >= 11 is 0. The van der Waals surface area contributed by atoms with E-state index in [0.717, 1.165) is 11.3 Å². The fraction of sp³-hybridized carbons (Fsp3) is 0. The first kappa shape index (κ1) is 16.2. The highest BCUT2D eigenvalue weighted by Crippen LogP contribution is 2.07. The number of nitriles is 1. The second-order valence-electron chi connectivity index (χ2n) is 5.37. The van der Waals surface area contributed by atoms with Gasteiger partial charge in [0, 0.05) is 23.8 Å². The van der Waals surface area contributed by atoms with E-state index in [4.69, 9.17) is 5.26 Å². The summed E-state index contributed by atoms with van der Waals surface area (Å²) in [5.74, 6) is -0.176. The lowest BCUT2D eigenvalue weighted by atomic mass is 10.1. The van der Waals surface area contributed by atoms with Crippen LogP contribution >= 0.6 is 0 Å². The number of benzene rings is 2. The van der Waals surface area contributed by atoms with E-state index >= 15 is 0 Å². The molecular formula is C21H16N3O+. The summed E-state index contributed by atoms with van der Waals surface area (Å²) in [6, 6.07) is 24.1. The molecule has 2 aromatic carbocycles. The smallest absolute Gasteiger partial charge is 0.264 e. The molecule has 4 nitrogen and oxygen atoms in total. The predicted octanol–water partition coefficient (Wildman–Crippen LogP) is 3.40. The van der Waals surface area contributed by atoms with Gasteiger partial charge in [0.15, 0.2) is 0 Å². The highest BCUT2D eigenvalue weighted by Gasteiger charge is 2.13. The van der Waals surface area contributed by atoms with E-state index in [1.807, 2.05) is 60.7 Å². The number of pyridine rings is 1. The Labute approximate surface area is 146 Å². The van der Waals surface area contributed by atoms with E-state index in [1.54, 1.807) is 35.1 Å². The zero-order chi connectivity index (χ0) is 17.5. The first-order chi connectivity index (χ1) is 12.3. The van der Waals surface area contributed by atoms with Crippen molar-refractivity contribution in [2.75, 3.05) is 5.43 Å². The molecule has 3 rings (SSSR count). The van der Waals surface area contributed by atoms with Crippen molar-refractivity contribution in [3.05, 3.63) is 101 Å². The van der Waals surface area contributed by atoms with Crippen LogP contribution in [0.5, 0.6) is 0 Å². The van der Waals surface area contributed by atoms with Crippen LogP contribution in [0.15, 0.2) is 79.0 Å². The molecule has 1 heterocycles. The Morgan fingerprint density at radius 1 is 0.920 bits per heavy atom. The molecule has 0 bridgehead atoms. The van der Waals surface area contributed by atoms with Crippen LogP contribution in [-0.4, -0.2) is 5.91 Å². The van der Waals surface area contributed by atoms with Crippen molar-refractivity contribution < 1.29 is 9.47 Å². The molecule has 1 N–H and O–H groups in total. The number of amides is 1. The monoisotopic (exact) mass is 326 g/mol. The third-order valence-corrected chi connectivity index (χ3v) is 3.64. The van der Waals surface area contributed by atoms with Crippen molar-refractivity contribution in [3.63, 3.8) is 0 Å². The van der Waals surface area contributed by atoms with Gasteiger partial charge in [0.25, 0.3) is 0 Å². The van der Waals surface area contributed by atoms with Crippen molar-refractivity contribution in [3.8, 4) is 6.07 Å². The number of nitrogens with zero attached hydrogens (tertiary/aromatic N) is 2. The van der Waals surface area contributed by atoms with Crippen molar-refractivity contribution in [2.45, 2.75) is 0 Å². The number of nitrogens with one attached hydrogen (secondary N) is 1. The Morgan fingerprint density at radius 2 is 1.64 bits per heavy atom. The van der Waals surface area contributed by atoms with Crippen LogP contribution in [-0.2, 0) is 0 Å². The molecule has 0 aliphatic rings. The average molecular weight is 326 g/mol. The lowest BCUT2D eigenvalue weighted by Gasteiger charge is -2.02. The van der Waals surface area contributed by atoms with Crippen LogP contribution in [0.1, 0.15) is 27.2 Å². The predicted molar refractivity (Wildman–Crippen MR) is 96.9 cm³/mol. The van der Waals surface area contributed by atoms with Crippen LogP contribution < -0.4 is 10.1 Å². The van der Waals surface area contributed by atoms with Gasteiger partial charge >= 0.3 is 5.91 Å². The third kappa shape index (κ3) is 4.18. The molecule has 0 saturated heterocycles. The Hall–Kier alpha value is -3.71. The number of carbonyl (C=O) groups excluding carboxylic acids is 1. The van der Waals surface area contributed by atoms with Crippen LogP contribution in [0, 0.1) is 11.3 Å². The van der Waals surface area contributed by atoms with E-state index < -0.39 is 0 Å². The minimum Gasteiger partial charge on any atom is -0.264 e. The Balaban J connectivity index is 1.80. The molecular weight excluding hydrogens is 310 g/mol. The maximum absolute atomic E-state index is 12.3. The number of rotatable bonds is 4. The van der Waals surface area contributed by atoms with Gasteiger partial charge in [0.1, 0.15) is 0 Å². The summed E-state index contributed by atoms with van der Waals surface area (Å²) < 4.78 is 1.68. The average Bonchev–Trinajstić information content (AvgIpc) is 2.68. The quantitative estimate of drug-likeness (QED) is 0.747. The molecule has 0 unspecified atom stereocenters. The minimum absolute atomic E-state index is 0.176. The van der Waals surface area contributed by atoms with Crippen molar-refractivity contribution in [2.24, 2.45) is 0 Å². The van der Waals surface area contributed by atoms with Crippen LogP contribution in [0.4, 0.5) is 0 Å². The summed E-state index contributed by atoms with van der Waals surface area (Å²) in [7, 11) is 0. The van der Waals surface area contributed by atoms with E-state index in [2.05, 4.69) is 11.5 Å². The summed E-state index contributed by atoms with van der Waals surface area (Å²) in [4.78, 5) is 12.3. The molecule has 4 heteroatoms. The molecule has 1 aromatic heterocycles. The Bertz CT molecular complexity index is 939. The highest BCUT2D eigenvalue weighted by atomic mass is 16.2. The SMILES string of the molecule is N#Cc1ccc(/C=C/c2cccc[n+]2NC(=O)c2ccccc2)cc1. The van der Waals surface area contributed by atoms with Crippen LogP contribution in [0.3, 0.4) is 0 Å². The van der Waals surface area contributed by atoms with E-state index in [9.17, 15) is 4.79 Å². The largest absolute Gasteiger partial charge is 0.305 e. The summed E-state index contributed by atoms with van der Waals surface area (Å²) in [5, 5.41) is 8.84. The van der Waals surface area contributed by atoms with Gasteiger partial charge in [-0.15, -0.1) is 5.43 Å². The molecule has 0 radical (unpaired) electrons. The first-order valence-corrected chi connectivity index (χ1v) is 7.81. The zero-order valence-electron chi connectivity index (χ0n) is 13.5. The Kier molecular flexibility index (Phi) is 4.98. The maximum Gasteiger partial charge on any atom is 0.305 e. The van der Waals surface area contributed by atoms with Gasteiger partial charge in [-0.1, -0.05) is 35.0 Å². The minimum atomic E-state index is -0.176. The molecule has 0 fully saturated rings. The van der Waals surface area contributed by atoms with Gasteiger partial charge in [-0.2, -0.15) is 5.26 Å². The number of hydrogen-bond acceptors (Lipinski definition) is 2. The molecule has 3 aromatic rings. The Morgan fingerprint density at radius 3 is 2.36 bits per heavy atom. The van der Waals surface area contributed by atoms with Crippen LogP contribution in [0.25, 0.3) is 12.2 Å². The van der Waals surface area contributed by atoms with Crippen molar-refractivity contribution >= 4 is 18.1 Å². The van der Waals surface area contributed by atoms with Crippen molar-refractivity contribution in [1.82, 2.24) is 0 Å². The highest BCUT2D eigenvalue weighted by molar-refractivity contribution is 5.98. The number of aromatic nitrogens is 1. The zero-order valence-corrected chi connectivity index (χ0v) is 13.5. The van der Waals surface area contributed by atoms with Gasteiger partial charge in [-0.25, -0.2) is 0 Å². The summed E-state index contributed by atoms with van der Waals surface area (Å²) in [5.41, 5.74) is 5.90. The normalized spacial score (nSPS) is 10.4.